The average molecular weight is 567 g/mol. The van der Waals surface area contributed by atoms with Crippen molar-refractivity contribution < 1.29 is 38.2 Å². The van der Waals surface area contributed by atoms with E-state index in [1.165, 1.54) is 26.2 Å². The molecule has 5 amide bonds. The predicted octanol–water partition coefficient (Wildman–Crippen LogP) is 1.11. The van der Waals surface area contributed by atoms with Gasteiger partial charge in [0.25, 0.3) is 11.8 Å². The Balaban J connectivity index is 1.89. The predicted molar refractivity (Wildman–Crippen MR) is 147 cm³/mol. The maximum atomic E-state index is 13.7. The van der Waals surface area contributed by atoms with E-state index < -0.39 is 65.7 Å². The molecule has 12 heteroatoms. The van der Waals surface area contributed by atoms with Gasteiger partial charge in [0.05, 0.1) is 24.7 Å². The second kappa shape index (κ2) is 12.6. The molecule has 41 heavy (non-hydrogen) atoms. The van der Waals surface area contributed by atoms with Crippen LogP contribution in [0.3, 0.4) is 0 Å². The molecule has 4 N–H and O–H groups in total. The zero-order valence-electron chi connectivity index (χ0n) is 23.6. The van der Waals surface area contributed by atoms with Crippen LogP contribution < -0.4 is 21.1 Å². The summed E-state index contributed by atoms with van der Waals surface area (Å²) in [4.78, 5) is 78.3. The third kappa shape index (κ3) is 7.68. The molecule has 1 aliphatic heterocycles. The summed E-state index contributed by atoms with van der Waals surface area (Å²) < 4.78 is 10.4. The molecule has 218 valence electrons. The summed E-state index contributed by atoms with van der Waals surface area (Å²) in [6.45, 7) is 6.38. The van der Waals surface area contributed by atoms with Crippen molar-refractivity contribution in [3.63, 3.8) is 0 Å². The summed E-state index contributed by atoms with van der Waals surface area (Å²) in [5.41, 5.74) is 5.41. The first kappa shape index (κ1) is 30.8. The van der Waals surface area contributed by atoms with Gasteiger partial charge in [0, 0.05) is 6.42 Å². The summed E-state index contributed by atoms with van der Waals surface area (Å²) >= 11 is 0. The highest BCUT2D eigenvalue weighted by molar-refractivity contribution is 6.23. The first-order valence-electron chi connectivity index (χ1n) is 12.9. The molecular formula is C29H34N4O8. The number of nitrogens with zero attached hydrogens (tertiary/aromatic N) is 1. The van der Waals surface area contributed by atoms with Gasteiger partial charge in [0.2, 0.25) is 17.7 Å². The molecule has 12 nitrogen and oxygen atoms in total. The highest BCUT2D eigenvalue weighted by atomic mass is 16.6. The lowest BCUT2D eigenvalue weighted by Gasteiger charge is -2.28. The monoisotopic (exact) mass is 566 g/mol. The van der Waals surface area contributed by atoms with Crippen molar-refractivity contribution in [3.05, 3.63) is 65.2 Å². The first-order valence-corrected chi connectivity index (χ1v) is 12.9. The molecule has 3 atom stereocenters. The molecule has 3 rings (SSSR count). The van der Waals surface area contributed by atoms with Crippen LogP contribution in [-0.2, 0) is 30.3 Å². The first-order chi connectivity index (χ1) is 19.2. The Morgan fingerprint density at radius 2 is 1.46 bits per heavy atom. The lowest BCUT2D eigenvalue weighted by atomic mass is 10.0. The average Bonchev–Trinajstić information content (AvgIpc) is 3.15. The molecule has 0 spiro atoms. The van der Waals surface area contributed by atoms with Crippen molar-refractivity contribution in [2.24, 2.45) is 5.73 Å². The van der Waals surface area contributed by atoms with Crippen LogP contribution in [0.4, 0.5) is 0 Å². The van der Waals surface area contributed by atoms with E-state index in [1.54, 1.807) is 57.2 Å². The van der Waals surface area contributed by atoms with Crippen LogP contribution in [0.1, 0.15) is 60.4 Å². The van der Waals surface area contributed by atoms with E-state index in [9.17, 15) is 28.8 Å². The summed E-state index contributed by atoms with van der Waals surface area (Å²) in [7, 11) is 1.50. The van der Waals surface area contributed by atoms with Gasteiger partial charge in [-0.25, -0.2) is 4.79 Å². The van der Waals surface area contributed by atoms with Crippen molar-refractivity contribution in [1.82, 2.24) is 15.5 Å². The van der Waals surface area contributed by atoms with Gasteiger partial charge in [0.15, 0.2) is 0 Å². The number of imide groups is 1. The molecule has 2 aromatic rings. The quantitative estimate of drug-likeness (QED) is 0.268. The minimum absolute atomic E-state index is 0.0967. The number of esters is 1. The van der Waals surface area contributed by atoms with Crippen LogP contribution in [-0.4, -0.2) is 71.2 Å². The standard InChI is InChI=1S/C29H34N4O8/c1-16(28(39)41-29(2,3)4)31-24(35)21(15-23(30)34)32-25(36)22(14-17-10-12-18(40-5)13-11-17)33-26(37)19-8-6-7-9-20(19)27(33)38/h6-13,16,21-22H,14-15H2,1-5H3,(H2,30,34)(H,31,35)(H,32,36)/t16-,21-,22-/m0/s1. The summed E-state index contributed by atoms with van der Waals surface area (Å²) in [5, 5.41) is 4.87. The second-order valence-corrected chi connectivity index (χ2v) is 10.6. The van der Waals surface area contributed by atoms with E-state index in [-0.39, 0.29) is 17.5 Å². The molecule has 0 unspecified atom stereocenters. The summed E-state index contributed by atoms with van der Waals surface area (Å²) in [6, 6.07) is 8.85. The van der Waals surface area contributed by atoms with E-state index in [2.05, 4.69) is 10.6 Å². The Hall–Kier alpha value is -4.74. The van der Waals surface area contributed by atoms with Crippen molar-refractivity contribution in [1.29, 1.82) is 0 Å². The van der Waals surface area contributed by atoms with E-state index >= 15 is 0 Å². The molecule has 0 fully saturated rings. The van der Waals surface area contributed by atoms with E-state index in [1.807, 2.05) is 0 Å². The topological polar surface area (TPSA) is 174 Å². The number of hydrogen-bond donors (Lipinski definition) is 3. The highest BCUT2D eigenvalue weighted by Gasteiger charge is 2.43. The fourth-order valence-electron chi connectivity index (χ4n) is 4.22. The van der Waals surface area contributed by atoms with Gasteiger partial charge >= 0.3 is 5.97 Å². The van der Waals surface area contributed by atoms with Gasteiger partial charge in [-0.3, -0.25) is 28.9 Å². The lowest BCUT2D eigenvalue weighted by Crippen LogP contribution is -2.57. The Labute approximate surface area is 237 Å². The fourth-order valence-corrected chi connectivity index (χ4v) is 4.22. The fraction of sp³-hybridized carbons (Fsp3) is 0.379. The Morgan fingerprint density at radius 1 is 0.902 bits per heavy atom. The molecular weight excluding hydrogens is 532 g/mol. The second-order valence-electron chi connectivity index (χ2n) is 10.6. The number of hydrogen-bond acceptors (Lipinski definition) is 8. The van der Waals surface area contributed by atoms with Gasteiger partial charge < -0.3 is 25.8 Å². The van der Waals surface area contributed by atoms with Crippen LogP contribution >= 0.6 is 0 Å². The number of amides is 5. The number of methoxy groups -OCH3 is 1. The number of ether oxygens (including phenoxy) is 2. The van der Waals surface area contributed by atoms with Crippen LogP contribution in [0.25, 0.3) is 0 Å². The zero-order chi connectivity index (χ0) is 30.5. The Bertz CT molecular complexity index is 1310. The molecule has 2 aromatic carbocycles. The van der Waals surface area contributed by atoms with Crippen LogP contribution in [0.15, 0.2) is 48.5 Å². The SMILES string of the molecule is COc1ccc(C[C@@H](C(=O)N[C@@H](CC(N)=O)C(=O)N[C@@H](C)C(=O)OC(C)(C)C)N2C(=O)c3ccccc3C2=O)cc1. The number of nitrogens with one attached hydrogen (secondary N) is 2. The smallest absolute Gasteiger partial charge is 0.328 e. The van der Waals surface area contributed by atoms with Gasteiger partial charge in [-0.1, -0.05) is 24.3 Å². The molecule has 0 bridgehead atoms. The molecule has 1 aliphatic rings. The largest absolute Gasteiger partial charge is 0.497 e. The van der Waals surface area contributed by atoms with Crippen molar-refractivity contribution in [2.75, 3.05) is 7.11 Å². The maximum absolute atomic E-state index is 13.7. The van der Waals surface area contributed by atoms with Gasteiger partial charge in [0.1, 0.15) is 29.5 Å². The number of primary amides is 1. The number of fused-ring (bicyclic) bond motifs is 1. The third-order valence-corrected chi connectivity index (χ3v) is 6.19. The van der Waals surface area contributed by atoms with Crippen molar-refractivity contribution in [2.45, 2.75) is 64.3 Å². The maximum Gasteiger partial charge on any atom is 0.328 e. The molecule has 1 heterocycles. The van der Waals surface area contributed by atoms with E-state index in [0.717, 1.165) is 4.90 Å². The molecule has 0 saturated carbocycles. The van der Waals surface area contributed by atoms with Gasteiger partial charge in [-0.05, 0) is 57.5 Å². The van der Waals surface area contributed by atoms with Gasteiger partial charge in [-0.15, -0.1) is 0 Å². The normalized spacial score (nSPS) is 14.9. The minimum Gasteiger partial charge on any atom is -0.497 e. The number of nitrogens with two attached hydrogens (primary N) is 1. The number of benzene rings is 2. The van der Waals surface area contributed by atoms with Gasteiger partial charge in [-0.2, -0.15) is 0 Å². The van der Waals surface area contributed by atoms with Crippen LogP contribution in [0.5, 0.6) is 5.75 Å². The molecule has 0 radical (unpaired) electrons. The molecule has 0 aromatic heterocycles. The Morgan fingerprint density at radius 3 is 1.95 bits per heavy atom. The number of rotatable bonds is 11. The molecule has 0 saturated heterocycles. The van der Waals surface area contributed by atoms with Crippen LogP contribution in [0, 0.1) is 0 Å². The van der Waals surface area contributed by atoms with Crippen LogP contribution in [0.2, 0.25) is 0 Å². The Kier molecular flexibility index (Phi) is 9.48. The lowest BCUT2D eigenvalue weighted by molar-refractivity contribution is -0.158. The third-order valence-electron chi connectivity index (χ3n) is 6.19. The zero-order valence-corrected chi connectivity index (χ0v) is 23.6. The van der Waals surface area contributed by atoms with Crippen molar-refractivity contribution in [3.8, 4) is 5.75 Å². The minimum atomic E-state index is -1.50. The van der Waals surface area contributed by atoms with Crippen molar-refractivity contribution >= 4 is 35.5 Å². The number of carbonyl (C=O) groups is 6. The number of carbonyl (C=O) groups excluding carboxylic acids is 6. The summed E-state index contributed by atoms with van der Waals surface area (Å²) in [6.07, 6.45) is -0.698. The molecule has 0 aliphatic carbocycles. The van der Waals surface area contributed by atoms with E-state index in [4.69, 9.17) is 15.2 Å². The summed E-state index contributed by atoms with van der Waals surface area (Å²) in [5.74, 6) is -4.15. The highest BCUT2D eigenvalue weighted by Crippen LogP contribution is 2.26. The van der Waals surface area contributed by atoms with E-state index in [0.29, 0.717) is 11.3 Å².